The molecule has 21 heavy (non-hydrogen) atoms. The molecular formula is C13H14ClN5O2. The van der Waals surface area contributed by atoms with Crippen LogP contribution in [0.25, 0.3) is 0 Å². The molecule has 2 rings (SSSR count). The Kier molecular flexibility index (Phi) is 4.23. The van der Waals surface area contributed by atoms with Crippen molar-refractivity contribution in [1.82, 2.24) is 15.2 Å². The van der Waals surface area contributed by atoms with Gasteiger partial charge in [0.15, 0.2) is 0 Å². The maximum Gasteiger partial charge on any atom is 0.295 e. The molecule has 0 aliphatic heterocycles. The Labute approximate surface area is 125 Å². The lowest BCUT2D eigenvalue weighted by Crippen LogP contribution is -2.16. The van der Waals surface area contributed by atoms with Gasteiger partial charge in [0, 0.05) is 11.5 Å². The first-order valence-corrected chi connectivity index (χ1v) is 6.59. The minimum Gasteiger partial charge on any atom is -0.366 e. The highest BCUT2D eigenvalue weighted by Gasteiger charge is 2.16. The second-order valence-electron chi connectivity index (χ2n) is 4.71. The first-order chi connectivity index (χ1) is 9.88. The summed E-state index contributed by atoms with van der Waals surface area (Å²) in [4.78, 5) is 27.3. The number of hydrogen-bond acceptors (Lipinski definition) is 4. The van der Waals surface area contributed by atoms with E-state index in [0.717, 1.165) is 0 Å². The summed E-state index contributed by atoms with van der Waals surface area (Å²) in [5.41, 5.74) is 5.70. The zero-order chi connectivity index (χ0) is 15.6. The molecule has 2 amide bonds. The number of anilines is 1. The van der Waals surface area contributed by atoms with Crippen molar-refractivity contribution in [3.05, 3.63) is 40.4 Å². The van der Waals surface area contributed by atoms with E-state index in [9.17, 15) is 9.59 Å². The van der Waals surface area contributed by atoms with E-state index in [1.165, 1.54) is 18.2 Å². The Morgan fingerprint density at radius 3 is 2.67 bits per heavy atom. The normalized spacial score (nSPS) is 10.7. The highest BCUT2D eigenvalue weighted by molar-refractivity contribution is 6.34. The molecule has 8 heteroatoms. The van der Waals surface area contributed by atoms with Crippen molar-refractivity contribution < 1.29 is 9.59 Å². The maximum absolute atomic E-state index is 12.1. The van der Waals surface area contributed by atoms with Gasteiger partial charge in [0.25, 0.3) is 5.91 Å². The Balaban J connectivity index is 2.22. The lowest BCUT2D eigenvalue weighted by Gasteiger charge is -2.06. The number of carbonyl (C=O) groups is 2. The zero-order valence-corrected chi connectivity index (χ0v) is 12.2. The van der Waals surface area contributed by atoms with Crippen LogP contribution in [0.4, 0.5) is 5.69 Å². The molecule has 0 saturated heterocycles. The van der Waals surface area contributed by atoms with Crippen LogP contribution >= 0.6 is 11.6 Å². The van der Waals surface area contributed by atoms with Crippen molar-refractivity contribution in [2.45, 2.75) is 19.8 Å². The van der Waals surface area contributed by atoms with Gasteiger partial charge in [-0.1, -0.05) is 25.4 Å². The Morgan fingerprint density at radius 2 is 2.10 bits per heavy atom. The van der Waals surface area contributed by atoms with Crippen LogP contribution in [0, 0.1) is 0 Å². The molecule has 0 bridgehead atoms. The number of nitrogens with one attached hydrogen (secondary N) is 2. The number of rotatable bonds is 4. The van der Waals surface area contributed by atoms with Crippen LogP contribution in [-0.2, 0) is 0 Å². The Morgan fingerprint density at radius 1 is 1.38 bits per heavy atom. The number of halogens is 1. The molecule has 1 heterocycles. The van der Waals surface area contributed by atoms with Crippen LogP contribution in [0.3, 0.4) is 0 Å². The molecule has 1 aromatic carbocycles. The molecule has 0 aliphatic rings. The summed E-state index contributed by atoms with van der Waals surface area (Å²) in [5.74, 6) is -0.402. The number of amides is 2. The average Bonchev–Trinajstić information content (AvgIpc) is 2.90. The lowest BCUT2D eigenvalue weighted by molar-refractivity contribution is 0.0994. The molecule has 0 atom stereocenters. The first-order valence-electron chi connectivity index (χ1n) is 6.21. The molecule has 4 N–H and O–H groups in total. The largest absolute Gasteiger partial charge is 0.366 e. The van der Waals surface area contributed by atoms with Crippen molar-refractivity contribution in [3.63, 3.8) is 0 Å². The molecule has 1 aromatic heterocycles. The third-order valence-corrected chi connectivity index (χ3v) is 3.08. The Bertz CT molecular complexity index is 696. The monoisotopic (exact) mass is 307 g/mol. The molecule has 0 unspecified atom stereocenters. The van der Waals surface area contributed by atoms with Crippen LogP contribution in [0.1, 0.15) is 46.6 Å². The number of nitrogens with two attached hydrogens (primary N) is 1. The average molecular weight is 308 g/mol. The number of H-pyrrole nitrogens is 1. The summed E-state index contributed by atoms with van der Waals surface area (Å²) in [6.07, 6.45) is 0. The minimum absolute atomic E-state index is 0.000699. The fourth-order valence-corrected chi connectivity index (χ4v) is 1.75. The summed E-state index contributed by atoms with van der Waals surface area (Å²) in [7, 11) is 0. The van der Waals surface area contributed by atoms with Crippen molar-refractivity contribution in [1.29, 1.82) is 0 Å². The quantitative estimate of drug-likeness (QED) is 0.800. The van der Waals surface area contributed by atoms with Gasteiger partial charge in [-0.3, -0.25) is 14.7 Å². The number of benzene rings is 1. The zero-order valence-electron chi connectivity index (χ0n) is 11.5. The third-order valence-electron chi connectivity index (χ3n) is 2.75. The van der Waals surface area contributed by atoms with Crippen LogP contribution in [-0.4, -0.2) is 27.0 Å². The smallest absolute Gasteiger partial charge is 0.295 e. The molecular weight excluding hydrogens is 294 g/mol. The molecule has 0 aliphatic carbocycles. The van der Waals surface area contributed by atoms with Gasteiger partial charge >= 0.3 is 0 Å². The van der Waals surface area contributed by atoms with Gasteiger partial charge in [-0.25, -0.2) is 4.98 Å². The maximum atomic E-state index is 12.1. The van der Waals surface area contributed by atoms with E-state index in [0.29, 0.717) is 5.82 Å². The number of aromatic nitrogens is 3. The molecule has 0 radical (unpaired) electrons. The van der Waals surface area contributed by atoms with Gasteiger partial charge in [-0.2, -0.15) is 0 Å². The van der Waals surface area contributed by atoms with Gasteiger partial charge in [-0.15, -0.1) is 5.10 Å². The Hall–Kier alpha value is -2.41. The van der Waals surface area contributed by atoms with Crippen LogP contribution in [0.15, 0.2) is 18.2 Å². The first kappa shape index (κ1) is 15.0. The molecule has 0 spiro atoms. The molecule has 110 valence electrons. The summed E-state index contributed by atoms with van der Waals surface area (Å²) in [5, 5.41) is 9.36. The van der Waals surface area contributed by atoms with Gasteiger partial charge < -0.3 is 11.1 Å². The number of carbonyl (C=O) groups excluding carboxylic acids is 2. The van der Waals surface area contributed by atoms with Crippen molar-refractivity contribution >= 4 is 29.1 Å². The topological polar surface area (TPSA) is 114 Å². The molecule has 0 saturated carbocycles. The predicted molar refractivity (Wildman–Crippen MR) is 78.4 cm³/mol. The number of nitrogens with zero attached hydrogens (tertiary/aromatic N) is 2. The summed E-state index contributed by atoms with van der Waals surface area (Å²) >= 11 is 5.97. The van der Waals surface area contributed by atoms with E-state index in [1.54, 1.807) is 0 Å². The highest BCUT2D eigenvalue weighted by Crippen LogP contribution is 2.23. The van der Waals surface area contributed by atoms with E-state index in [-0.39, 0.29) is 28.0 Å². The summed E-state index contributed by atoms with van der Waals surface area (Å²) in [6, 6.07) is 4.36. The van der Waals surface area contributed by atoms with E-state index in [4.69, 9.17) is 17.3 Å². The standard InChI is InChI=1S/C13H14ClN5O2/c1-6(2)11-17-12(19-18-11)13(21)16-9-5-7(10(15)20)3-4-8(9)14/h3-6H,1-2H3,(H2,15,20)(H,16,21)(H,17,18,19). The van der Waals surface area contributed by atoms with Gasteiger partial charge in [-0.05, 0) is 18.2 Å². The highest BCUT2D eigenvalue weighted by atomic mass is 35.5. The summed E-state index contributed by atoms with van der Waals surface area (Å²) in [6.45, 7) is 3.85. The van der Waals surface area contributed by atoms with E-state index in [2.05, 4.69) is 20.5 Å². The molecule has 0 fully saturated rings. The summed E-state index contributed by atoms with van der Waals surface area (Å²) < 4.78 is 0. The fourth-order valence-electron chi connectivity index (χ4n) is 1.59. The van der Waals surface area contributed by atoms with Crippen LogP contribution < -0.4 is 11.1 Å². The molecule has 7 nitrogen and oxygen atoms in total. The fraction of sp³-hybridized carbons (Fsp3) is 0.231. The van der Waals surface area contributed by atoms with E-state index >= 15 is 0 Å². The van der Waals surface area contributed by atoms with E-state index in [1.807, 2.05) is 13.8 Å². The van der Waals surface area contributed by atoms with Crippen LogP contribution in [0.2, 0.25) is 5.02 Å². The van der Waals surface area contributed by atoms with Crippen molar-refractivity contribution in [2.75, 3.05) is 5.32 Å². The predicted octanol–water partition coefficient (Wildman–Crippen LogP) is 1.93. The second-order valence-corrected chi connectivity index (χ2v) is 5.12. The third kappa shape index (κ3) is 3.38. The number of primary amides is 1. The van der Waals surface area contributed by atoms with Crippen molar-refractivity contribution in [2.24, 2.45) is 5.73 Å². The van der Waals surface area contributed by atoms with Crippen molar-refractivity contribution in [3.8, 4) is 0 Å². The number of hydrogen-bond donors (Lipinski definition) is 3. The SMILES string of the molecule is CC(C)c1nc(C(=O)Nc2cc(C(N)=O)ccc2Cl)n[nH]1. The van der Waals surface area contributed by atoms with Gasteiger partial charge in [0.05, 0.1) is 10.7 Å². The minimum atomic E-state index is -0.609. The molecule has 2 aromatic rings. The number of aromatic amines is 1. The van der Waals surface area contributed by atoms with E-state index < -0.39 is 11.8 Å². The van der Waals surface area contributed by atoms with Gasteiger partial charge in [0.2, 0.25) is 11.7 Å². The van der Waals surface area contributed by atoms with Gasteiger partial charge in [0.1, 0.15) is 5.82 Å². The lowest BCUT2D eigenvalue weighted by atomic mass is 10.2. The van der Waals surface area contributed by atoms with Crippen LogP contribution in [0.5, 0.6) is 0 Å². The second kappa shape index (κ2) is 5.92.